The third-order valence-corrected chi connectivity index (χ3v) is 4.95. The van der Waals surface area contributed by atoms with Crippen molar-refractivity contribution in [1.29, 1.82) is 0 Å². The van der Waals surface area contributed by atoms with Crippen LogP contribution in [0.2, 0.25) is 0 Å². The van der Waals surface area contributed by atoms with E-state index in [1.54, 1.807) is 6.07 Å². The van der Waals surface area contributed by atoms with E-state index in [1.807, 2.05) is 0 Å². The number of anilines is 1. The third-order valence-electron chi connectivity index (χ3n) is 4.95. The van der Waals surface area contributed by atoms with Gasteiger partial charge in [-0.15, -0.1) is 0 Å². The molecule has 0 unspecified atom stereocenters. The van der Waals surface area contributed by atoms with Crippen molar-refractivity contribution in [2.24, 2.45) is 5.92 Å². The number of nitrogens with zero attached hydrogens (tertiary/aromatic N) is 1. The van der Waals surface area contributed by atoms with E-state index in [2.05, 4.69) is 10.6 Å². The second-order valence-corrected chi connectivity index (χ2v) is 6.93. The van der Waals surface area contributed by atoms with E-state index in [9.17, 15) is 27.2 Å². The lowest BCUT2D eigenvalue weighted by Gasteiger charge is -2.32. The summed E-state index contributed by atoms with van der Waals surface area (Å²) in [6.07, 6.45) is -1.01. The zero-order chi connectivity index (χ0) is 20.7. The van der Waals surface area contributed by atoms with Gasteiger partial charge in [0.2, 0.25) is 0 Å². The highest BCUT2D eigenvalue weighted by molar-refractivity contribution is 5.94. The number of halogens is 4. The second kappa shape index (κ2) is 9.75. The van der Waals surface area contributed by atoms with Crippen LogP contribution in [0, 0.1) is 11.7 Å². The molecule has 0 atom stereocenters. The summed E-state index contributed by atoms with van der Waals surface area (Å²) in [5.41, 5.74) is 0.576. The molecule has 0 spiro atoms. The number of hydrogen-bond acceptors (Lipinski definition) is 3. The average molecular weight is 403 g/mol. The molecular formula is C19H25F4N3O2. The Kier molecular flexibility index (Phi) is 7.65. The van der Waals surface area contributed by atoms with Crippen molar-refractivity contribution in [1.82, 2.24) is 10.2 Å². The highest BCUT2D eigenvalue weighted by Crippen LogP contribution is 2.26. The van der Waals surface area contributed by atoms with E-state index in [0.29, 0.717) is 31.0 Å². The predicted molar refractivity (Wildman–Crippen MR) is 97.5 cm³/mol. The Morgan fingerprint density at radius 2 is 1.86 bits per heavy atom. The van der Waals surface area contributed by atoms with Gasteiger partial charge >= 0.3 is 12.1 Å². The fraction of sp³-hybridized carbons (Fsp3) is 0.579. The van der Waals surface area contributed by atoms with E-state index in [0.717, 1.165) is 24.2 Å². The van der Waals surface area contributed by atoms with Crippen molar-refractivity contribution in [3.05, 3.63) is 29.6 Å². The Balaban J connectivity index is 1.64. The first kappa shape index (κ1) is 22.0. The van der Waals surface area contributed by atoms with Crippen LogP contribution in [0.4, 0.5) is 23.2 Å². The lowest BCUT2D eigenvalue weighted by atomic mass is 9.91. The Labute approximate surface area is 161 Å². The quantitative estimate of drug-likeness (QED) is 0.541. The maximum absolute atomic E-state index is 13.9. The molecule has 156 valence electrons. The van der Waals surface area contributed by atoms with E-state index >= 15 is 0 Å². The highest BCUT2D eigenvalue weighted by atomic mass is 19.4. The van der Waals surface area contributed by atoms with Crippen LogP contribution < -0.4 is 10.6 Å². The molecule has 1 aliphatic heterocycles. The molecule has 1 aromatic rings. The van der Waals surface area contributed by atoms with E-state index in [-0.39, 0.29) is 18.7 Å². The number of unbranched alkanes of at least 4 members (excludes halogenated alkanes) is 1. The van der Waals surface area contributed by atoms with Crippen LogP contribution in [0.15, 0.2) is 18.2 Å². The van der Waals surface area contributed by atoms with Gasteiger partial charge in [0.1, 0.15) is 5.82 Å². The van der Waals surface area contributed by atoms with Gasteiger partial charge in [0, 0.05) is 32.4 Å². The summed E-state index contributed by atoms with van der Waals surface area (Å²) in [4.78, 5) is 23.5. The molecule has 2 rings (SSSR count). The fourth-order valence-corrected chi connectivity index (χ4v) is 3.34. The van der Waals surface area contributed by atoms with Crippen molar-refractivity contribution in [2.45, 2.75) is 38.3 Å². The molecule has 1 saturated heterocycles. The average Bonchev–Trinajstić information content (AvgIpc) is 2.66. The minimum Gasteiger partial charge on any atom is -0.385 e. The van der Waals surface area contributed by atoms with Gasteiger partial charge < -0.3 is 15.5 Å². The van der Waals surface area contributed by atoms with Crippen molar-refractivity contribution < 1.29 is 27.2 Å². The molecule has 28 heavy (non-hydrogen) atoms. The Bertz CT molecular complexity index is 686. The van der Waals surface area contributed by atoms with Gasteiger partial charge in [-0.1, -0.05) is 12.8 Å². The van der Waals surface area contributed by atoms with Gasteiger partial charge in [-0.3, -0.25) is 9.59 Å². The summed E-state index contributed by atoms with van der Waals surface area (Å²) in [6, 6.07) is 4.34. The third kappa shape index (κ3) is 6.10. The number of likely N-dealkylation sites (tertiary alicyclic amines) is 1. The van der Waals surface area contributed by atoms with Crippen molar-refractivity contribution in [2.75, 3.05) is 32.0 Å². The predicted octanol–water partition coefficient (Wildman–Crippen LogP) is 3.57. The molecule has 1 aromatic carbocycles. The van der Waals surface area contributed by atoms with E-state index < -0.39 is 23.8 Å². The molecule has 0 radical (unpaired) electrons. The summed E-state index contributed by atoms with van der Waals surface area (Å²) in [7, 11) is 1.44. The Hall–Kier alpha value is -2.32. The molecule has 0 saturated carbocycles. The van der Waals surface area contributed by atoms with Crippen molar-refractivity contribution in [3.8, 4) is 0 Å². The summed E-state index contributed by atoms with van der Waals surface area (Å²) < 4.78 is 51.1. The van der Waals surface area contributed by atoms with Gasteiger partial charge in [0.25, 0.3) is 5.91 Å². The standard InChI is InChI=1S/C19H25F4N3O2/c1-24-17(27)15-6-5-14(12-16(15)20)25-9-3-2-4-13-7-10-26(11-8-13)18(28)19(21,22)23/h5-6,12-13,25H,2-4,7-11H2,1H3,(H,24,27). The molecule has 0 bridgehead atoms. The number of benzene rings is 1. The summed E-state index contributed by atoms with van der Waals surface area (Å²) in [6.45, 7) is 0.931. The zero-order valence-corrected chi connectivity index (χ0v) is 15.7. The molecule has 9 heteroatoms. The number of carbonyl (C=O) groups is 2. The number of alkyl halides is 3. The Morgan fingerprint density at radius 3 is 2.43 bits per heavy atom. The van der Waals surface area contributed by atoms with Gasteiger partial charge in [-0.25, -0.2) is 4.39 Å². The maximum Gasteiger partial charge on any atom is 0.471 e. The molecule has 2 N–H and O–H groups in total. The number of piperidine rings is 1. The fourth-order valence-electron chi connectivity index (χ4n) is 3.34. The van der Waals surface area contributed by atoms with E-state index in [4.69, 9.17) is 0 Å². The monoisotopic (exact) mass is 403 g/mol. The molecule has 1 heterocycles. The van der Waals surface area contributed by atoms with Crippen LogP contribution in [0.3, 0.4) is 0 Å². The minimum absolute atomic E-state index is 0.0107. The molecule has 5 nitrogen and oxygen atoms in total. The SMILES string of the molecule is CNC(=O)c1ccc(NCCCCC2CCN(C(=O)C(F)(F)F)CC2)cc1F. The number of amides is 2. The molecule has 0 aliphatic carbocycles. The largest absolute Gasteiger partial charge is 0.471 e. The first-order valence-corrected chi connectivity index (χ1v) is 9.34. The maximum atomic E-state index is 13.9. The molecule has 2 amide bonds. The Morgan fingerprint density at radius 1 is 1.18 bits per heavy atom. The summed E-state index contributed by atoms with van der Waals surface area (Å²) in [5.74, 6) is -2.50. The molecule has 1 aliphatic rings. The van der Waals surface area contributed by atoms with Gasteiger partial charge in [-0.2, -0.15) is 13.2 Å². The van der Waals surface area contributed by atoms with Gasteiger partial charge in [0.05, 0.1) is 5.56 Å². The smallest absolute Gasteiger partial charge is 0.385 e. The van der Waals surface area contributed by atoms with Crippen LogP contribution in [-0.4, -0.2) is 49.6 Å². The molecular weight excluding hydrogens is 378 g/mol. The van der Waals surface area contributed by atoms with Crippen LogP contribution in [-0.2, 0) is 4.79 Å². The topological polar surface area (TPSA) is 61.4 Å². The highest BCUT2D eigenvalue weighted by Gasteiger charge is 2.43. The number of rotatable bonds is 7. The lowest BCUT2D eigenvalue weighted by Crippen LogP contribution is -2.45. The van der Waals surface area contributed by atoms with Crippen molar-refractivity contribution >= 4 is 17.5 Å². The van der Waals surface area contributed by atoms with Crippen LogP contribution in [0.25, 0.3) is 0 Å². The van der Waals surface area contributed by atoms with Gasteiger partial charge in [-0.05, 0) is 43.4 Å². The van der Waals surface area contributed by atoms with Crippen molar-refractivity contribution in [3.63, 3.8) is 0 Å². The number of nitrogens with one attached hydrogen (secondary N) is 2. The van der Waals surface area contributed by atoms with E-state index in [1.165, 1.54) is 19.2 Å². The second-order valence-electron chi connectivity index (χ2n) is 6.93. The molecule has 0 aromatic heterocycles. The van der Waals surface area contributed by atoms with Crippen LogP contribution >= 0.6 is 0 Å². The first-order valence-electron chi connectivity index (χ1n) is 9.34. The summed E-state index contributed by atoms with van der Waals surface area (Å²) in [5, 5.41) is 5.47. The van der Waals surface area contributed by atoms with Gasteiger partial charge in [0.15, 0.2) is 0 Å². The minimum atomic E-state index is -4.80. The first-order chi connectivity index (χ1) is 13.2. The van der Waals surface area contributed by atoms with Crippen LogP contribution in [0.5, 0.6) is 0 Å². The summed E-state index contributed by atoms with van der Waals surface area (Å²) >= 11 is 0. The number of hydrogen-bond donors (Lipinski definition) is 2. The van der Waals surface area contributed by atoms with Crippen LogP contribution in [0.1, 0.15) is 42.5 Å². The number of carbonyl (C=O) groups excluding carboxylic acids is 2. The normalized spacial score (nSPS) is 15.4. The molecule has 1 fully saturated rings. The zero-order valence-electron chi connectivity index (χ0n) is 15.7. The lowest BCUT2D eigenvalue weighted by molar-refractivity contribution is -0.186.